The van der Waals surface area contributed by atoms with E-state index in [0.29, 0.717) is 36.5 Å². The van der Waals surface area contributed by atoms with Crippen LogP contribution < -0.4 is 14.8 Å². The first-order valence-corrected chi connectivity index (χ1v) is 8.56. The van der Waals surface area contributed by atoms with Crippen LogP contribution >= 0.6 is 0 Å². The SMILES string of the molecule is COc1cccc(CCC(=O)N[C@@H]2CCC[C@@H](C)[C@@H]2C)c1OC. The van der Waals surface area contributed by atoms with Crippen LogP contribution in [0.15, 0.2) is 18.2 Å². The number of carbonyl (C=O) groups is 1. The van der Waals surface area contributed by atoms with Crippen LogP contribution in [0.2, 0.25) is 0 Å². The highest BCUT2D eigenvalue weighted by atomic mass is 16.5. The van der Waals surface area contributed by atoms with Crippen LogP contribution in [0.5, 0.6) is 11.5 Å². The van der Waals surface area contributed by atoms with Gasteiger partial charge in [0, 0.05) is 12.5 Å². The lowest BCUT2D eigenvalue weighted by atomic mass is 9.78. The fourth-order valence-corrected chi connectivity index (χ4v) is 3.46. The van der Waals surface area contributed by atoms with E-state index in [1.165, 1.54) is 12.8 Å². The lowest BCUT2D eigenvalue weighted by molar-refractivity contribution is -0.122. The van der Waals surface area contributed by atoms with Crippen molar-refractivity contribution in [3.05, 3.63) is 23.8 Å². The van der Waals surface area contributed by atoms with Crippen molar-refractivity contribution < 1.29 is 14.3 Å². The summed E-state index contributed by atoms with van der Waals surface area (Å²) in [5.74, 6) is 2.80. The predicted octanol–water partition coefficient (Wildman–Crippen LogP) is 3.58. The number of nitrogens with one attached hydrogen (secondary N) is 1. The maximum atomic E-state index is 12.3. The number of amides is 1. The maximum Gasteiger partial charge on any atom is 0.220 e. The third-order valence-electron chi connectivity index (χ3n) is 5.16. The van der Waals surface area contributed by atoms with Gasteiger partial charge in [-0.1, -0.05) is 38.8 Å². The molecule has 1 fully saturated rings. The first kappa shape index (κ1) is 17.6. The fourth-order valence-electron chi connectivity index (χ4n) is 3.46. The molecule has 1 amide bonds. The molecule has 1 aliphatic rings. The van der Waals surface area contributed by atoms with Gasteiger partial charge in [-0.3, -0.25) is 4.79 Å². The van der Waals surface area contributed by atoms with Gasteiger partial charge in [-0.2, -0.15) is 0 Å². The number of methoxy groups -OCH3 is 2. The predicted molar refractivity (Wildman–Crippen MR) is 92.0 cm³/mol. The number of rotatable bonds is 6. The molecule has 2 rings (SSSR count). The van der Waals surface area contributed by atoms with Crippen LogP contribution in [0.4, 0.5) is 0 Å². The zero-order chi connectivity index (χ0) is 16.8. The number of carbonyl (C=O) groups excluding carboxylic acids is 1. The molecule has 23 heavy (non-hydrogen) atoms. The molecule has 128 valence electrons. The quantitative estimate of drug-likeness (QED) is 0.872. The summed E-state index contributed by atoms with van der Waals surface area (Å²) >= 11 is 0. The molecule has 0 bridgehead atoms. The summed E-state index contributed by atoms with van der Waals surface area (Å²) in [6.45, 7) is 4.53. The van der Waals surface area contributed by atoms with Gasteiger partial charge in [-0.15, -0.1) is 0 Å². The van der Waals surface area contributed by atoms with Crippen molar-refractivity contribution in [2.24, 2.45) is 11.8 Å². The van der Waals surface area contributed by atoms with E-state index in [1.807, 2.05) is 18.2 Å². The van der Waals surface area contributed by atoms with E-state index in [9.17, 15) is 4.79 Å². The number of aryl methyl sites for hydroxylation is 1. The molecule has 0 unspecified atom stereocenters. The molecule has 1 aliphatic carbocycles. The minimum atomic E-state index is 0.126. The standard InChI is InChI=1S/C19H29NO3/c1-13-7-5-9-16(14(13)2)20-18(21)12-11-15-8-6-10-17(22-3)19(15)23-4/h6,8,10,13-14,16H,5,7,9,11-12H2,1-4H3,(H,20,21)/t13-,14+,16-/m1/s1. The van der Waals surface area contributed by atoms with Crippen molar-refractivity contribution in [2.45, 2.75) is 52.0 Å². The highest BCUT2D eigenvalue weighted by Gasteiger charge is 2.28. The molecule has 4 nitrogen and oxygen atoms in total. The average molecular weight is 319 g/mol. The minimum Gasteiger partial charge on any atom is -0.493 e. The molecule has 3 atom stereocenters. The Morgan fingerprint density at radius 2 is 2.00 bits per heavy atom. The van der Waals surface area contributed by atoms with E-state index in [4.69, 9.17) is 9.47 Å². The summed E-state index contributed by atoms with van der Waals surface area (Å²) in [5.41, 5.74) is 1.01. The summed E-state index contributed by atoms with van der Waals surface area (Å²) in [4.78, 5) is 12.3. The van der Waals surface area contributed by atoms with Crippen molar-refractivity contribution in [1.29, 1.82) is 0 Å². The first-order chi connectivity index (χ1) is 11.1. The van der Waals surface area contributed by atoms with Gasteiger partial charge in [-0.05, 0) is 36.3 Å². The van der Waals surface area contributed by atoms with Crippen LogP contribution in [0, 0.1) is 11.8 Å². The van der Waals surface area contributed by atoms with E-state index >= 15 is 0 Å². The second-order valence-corrected chi connectivity index (χ2v) is 6.59. The molecule has 1 saturated carbocycles. The Morgan fingerprint density at radius 1 is 1.22 bits per heavy atom. The van der Waals surface area contributed by atoms with Crippen LogP contribution in [-0.2, 0) is 11.2 Å². The van der Waals surface area contributed by atoms with Crippen LogP contribution in [-0.4, -0.2) is 26.2 Å². The van der Waals surface area contributed by atoms with Crippen molar-refractivity contribution in [2.75, 3.05) is 14.2 Å². The second kappa shape index (κ2) is 8.23. The topological polar surface area (TPSA) is 47.6 Å². The largest absolute Gasteiger partial charge is 0.493 e. The highest BCUT2D eigenvalue weighted by molar-refractivity contribution is 5.76. The second-order valence-electron chi connectivity index (χ2n) is 6.59. The summed E-state index contributed by atoms with van der Waals surface area (Å²) < 4.78 is 10.7. The zero-order valence-corrected chi connectivity index (χ0v) is 14.7. The van der Waals surface area contributed by atoms with Gasteiger partial charge in [0.1, 0.15) is 0 Å². The lowest BCUT2D eigenvalue weighted by Gasteiger charge is -2.34. The smallest absolute Gasteiger partial charge is 0.220 e. The van der Waals surface area contributed by atoms with Crippen molar-refractivity contribution in [3.63, 3.8) is 0 Å². The first-order valence-electron chi connectivity index (χ1n) is 8.56. The van der Waals surface area contributed by atoms with Gasteiger partial charge in [-0.25, -0.2) is 0 Å². The molecular weight excluding hydrogens is 290 g/mol. The van der Waals surface area contributed by atoms with Crippen LogP contribution in [0.25, 0.3) is 0 Å². The third kappa shape index (κ3) is 4.40. The fraction of sp³-hybridized carbons (Fsp3) is 0.632. The summed E-state index contributed by atoms with van der Waals surface area (Å²) in [7, 11) is 3.26. The normalized spacial score (nSPS) is 24.1. The molecular formula is C19H29NO3. The molecule has 1 N–H and O–H groups in total. The summed E-state index contributed by atoms with van der Waals surface area (Å²) in [5, 5.41) is 3.22. The Kier molecular flexibility index (Phi) is 6.31. The van der Waals surface area contributed by atoms with Crippen molar-refractivity contribution in [1.82, 2.24) is 5.32 Å². The van der Waals surface area contributed by atoms with Gasteiger partial charge in [0.15, 0.2) is 11.5 Å². The molecule has 0 spiro atoms. The molecule has 4 heteroatoms. The number of benzene rings is 1. The Labute approximate surface area is 139 Å². The molecule has 0 radical (unpaired) electrons. The van der Waals surface area contributed by atoms with Gasteiger partial charge in [0.25, 0.3) is 0 Å². The van der Waals surface area contributed by atoms with Crippen LogP contribution in [0.3, 0.4) is 0 Å². The monoisotopic (exact) mass is 319 g/mol. The van der Waals surface area contributed by atoms with E-state index in [-0.39, 0.29) is 5.91 Å². The molecule has 1 aromatic rings. The zero-order valence-electron chi connectivity index (χ0n) is 14.7. The van der Waals surface area contributed by atoms with Gasteiger partial charge < -0.3 is 14.8 Å². The number of hydrogen-bond acceptors (Lipinski definition) is 3. The molecule has 0 aliphatic heterocycles. The molecule has 0 saturated heterocycles. The number of ether oxygens (including phenoxy) is 2. The minimum absolute atomic E-state index is 0.126. The molecule has 0 aromatic heterocycles. The Hall–Kier alpha value is -1.71. The van der Waals surface area contributed by atoms with Crippen molar-refractivity contribution >= 4 is 5.91 Å². The van der Waals surface area contributed by atoms with Crippen molar-refractivity contribution in [3.8, 4) is 11.5 Å². The Bertz CT molecular complexity index is 529. The highest BCUT2D eigenvalue weighted by Crippen LogP contribution is 2.32. The summed E-state index contributed by atoms with van der Waals surface area (Å²) in [6.07, 6.45) is 4.71. The van der Waals surface area contributed by atoms with Gasteiger partial charge in [0.05, 0.1) is 14.2 Å². The number of para-hydroxylation sites is 1. The molecule has 1 aromatic carbocycles. The van der Waals surface area contributed by atoms with E-state index in [0.717, 1.165) is 17.7 Å². The molecule has 0 heterocycles. The third-order valence-corrected chi connectivity index (χ3v) is 5.16. The van der Waals surface area contributed by atoms with Crippen LogP contribution in [0.1, 0.15) is 45.1 Å². The number of hydrogen-bond donors (Lipinski definition) is 1. The van der Waals surface area contributed by atoms with E-state index in [1.54, 1.807) is 14.2 Å². The maximum absolute atomic E-state index is 12.3. The van der Waals surface area contributed by atoms with E-state index in [2.05, 4.69) is 19.2 Å². The lowest BCUT2D eigenvalue weighted by Crippen LogP contribution is -2.43. The summed E-state index contributed by atoms with van der Waals surface area (Å²) in [6, 6.07) is 6.10. The van der Waals surface area contributed by atoms with E-state index < -0.39 is 0 Å². The Morgan fingerprint density at radius 3 is 2.70 bits per heavy atom. The van der Waals surface area contributed by atoms with Gasteiger partial charge >= 0.3 is 0 Å². The van der Waals surface area contributed by atoms with Gasteiger partial charge in [0.2, 0.25) is 5.91 Å². The average Bonchev–Trinajstić information content (AvgIpc) is 2.56. The Balaban J connectivity index is 1.92.